The largest absolute Gasteiger partial charge is 0.310 e. The Kier molecular flexibility index (Phi) is 3.69. The molecule has 4 heteroatoms. The van der Waals surface area contributed by atoms with Crippen LogP contribution in [-0.4, -0.2) is 4.57 Å². The van der Waals surface area contributed by atoms with Crippen LogP contribution in [0.2, 0.25) is 5.02 Å². The van der Waals surface area contributed by atoms with E-state index >= 15 is 0 Å². The molecule has 2 aromatic rings. The van der Waals surface area contributed by atoms with Crippen LogP contribution in [0.15, 0.2) is 45.8 Å². The Labute approximate surface area is 113 Å². The second kappa shape index (κ2) is 5.07. The first-order valence-corrected chi connectivity index (χ1v) is 6.34. The van der Waals surface area contributed by atoms with Crippen LogP contribution in [-0.2, 0) is 6.54 Å². The van der Waals surface area contributed by atoms with Crippen LogP contribution in [0.1, 0.15) is 11.1 Å². The quantitative estimate of drug-likeness (QED) is 0.830. The zero-order valence-corrected chi connectivity index (χ0v) is 11.6. The molecule has 1 aromatic carbocycles. The number of hydrogen-bond acceptors (Lipinski definition) is 1. The predicted molar refractivity (Wildman–Crippen MR) is 73.7 cm³/mol. The molecule has 0 fully saturated rings. The molecule has 1 aromatic heterocycles. The minimum atomic E-state index is -0.0372. The van der Waals surface area contributed by atoms with Crippen LogP contribution in [0.3, 0.4) is 0 Å². The van der Waals surface area contributed by atoms with Gasteiger partial charge in [-0.3, -0.25) is 4.79 Å². The van der Waals surface area contributed by atoms with Crippen LogP contribution < -0.4 is 5.56 Å². The van der Waals surface area contributed by atoms with Crippen LogP contribution in [0.5, 0.6) is 0 Å². The number of aromatic nitrogens is 1. The van der Waals surface area contributed by atoms with Crippen LogP contribution in [0.4, 0.5) is 0 Å². The Balaban J connectivity index is 2.38. The predicted octanol–water partition coefficient (Wildman–Crippen LogP) is 3.62. The molecule has 0 spiro atoms. The molecular weight excluding hydrogens is 302 g/mol. The van der Waals surface area contributed by atoms with Gasteiger partial charge in [-0.25, -0.2) is 0 Å². The van der Waals surface area contributed by atoms with Gasteiger partial charge in [0.15, 0.2) is 0 Å². The van der Waals surface area contributed by atoms with Gasteiger partial charge in [0, 0.05) is 21.8 Å². The molecule has 0 radical (unpaired) electrons. The summed E-state index contributed by atoms with van der Waals surface area (Å²) >= 11 is 9.49. The van der Waals surface area contributed by atoms with Crippen molar-refractivity contribution in [1.29, 1.82) is 0 Å². The van der Waals surface area contributed by atoms with Gasteiger partial charge in [0.05, 0.1) is 6.54 Å². The van der Waals surface area contributed by atoms with E-state index < -0.39 is 0 Å². The number of rotatable bonds is 2. The van der Waals surface area contributed by atoms with Gasteiger partial charge in [-0.2, -0.15) is 0 Å². The molecule has 2 rings (SSSR count). The molecule has 17 heavy (non-hydrogen) atoms. The molecule has 0 atom stereocenters. The van der Waals surface area contributed by atoms with Gasteiger partial charge in [0.1, 0.15) is 0 Å². The molecule has 0 saturated heterocycles. The Bertz CT molecular complexity index is 607. The number of nitrogens with zero attached hydrogens (tertiary/aromatic N) is 1. The van der Waals surface area contributed by atoms with E-state index in [9.17, 15) is 4.79 Å². The van der Waals surface area contributed by atoms with Crippen molar-refractivity contribution >= 4 is 27.5 Å². The lowest BCUT2D eigenvalue weighted by Gasteiger charge is -2.08. The Morgan fingerprint density at radius 2 is 2.06 bits per heavy atom. The lowest BCUT2D eigenvalue weighted by atomic mass is 10.1. The summed E-state index contributed by atoms with van der Waals surface area (Å²) in [5.41, 5.74) is 2.02. The summed E-state index contributed by atoms with van der Waals surface area (Å²) < 4.78 is 2.50. The monoisotopic (exact) mass is 311 g/mol. The molecule has 0 aliphatic carbocycles. The molecule has 0 N–H and O–H groups in total. The molecule has 0 aliphatic rings. The maximum atomic E-state index is 11.7. The normalized spacial score (nSPS) is 10.5. The lowest BCUT2D eigenvalue weighted by Crippen LogP contribution is -2.18. The summed E-state index contributed by atoms with van der Waals surface area (Å²) in [5, 5.41) is 0.692. The van der Waals surface area contributed by atoms with Gasteiger partial charge in [-0.1, -0.05) is 23.7 Å². The zero-order chi connectivity index (χ0) is 12.4. The Morgan fingerprint density at radius 1 is 1.29 bits per heavy atom. The Morgan fingerprint density at radius 3 is 2.76 bits per heavy atom. The number of pyridine rings is 1. The second-order valence-electron chi connectivity index (χ2n) is 3.91. The fourth-order valence-electron chi connectivity index (χ4n) is 1.59. The first-order valence-electron chi connectivity index (χ1n) is 5.17. The summed E-state index contributed by atoms with van der Waals surface area (Å²) in [6, 6.07) is 9.11. The molecule has 0 aliphatic heterocycles. The fourth-order valence-corrected chi connectivity index (χ4v) is 2.26. The molecule has 0 saturated carbocycles. The smallest absolute Gasteiger partial charge is 0.250 e. The maximum absolute atomic E-state index is 11.7. The summed E-state index contributed by atoms with van der Waals surface area (Å²) in [7, 11) is 0. The second-order valence-corrected chi connectivity index (χ2v) is 5.23. The van der Waals surface area contributed by atoms with Crippen molar-refractivity contribution in [3.63, 3.8) is 0 Å². The van der Waals surface area contributed by atoms with Gasteiger partial charge in [-0.15, -0.1) is 0 Å². The molecule has 88 valence electrons. The van der Waals surface area contributed by atoms with E-state index in [4.69, 9.17) is 11.6 Å². The lowest BCUT2D eigenvalue weighted by molar-refractivity contribution is 0.756. The van der Waals surface area contributed by atoms with Gasteiger partial charge in [0.2, 0.25) is 0 Å². The maximum Gasteiger partial charge on any atom is 0.250 e. The number of benzene rings is 1. The van der Waals surface area contributed by atoms with Gasteiger partial charge in [0.25, 0.3) is 5.56 Å². The molecule has 1 heterocycles. The minimum Gasteiger partial charge on any atom is -0.310 e. The molecular formula is C13H11BrClNO. The van der Waals surface area contributed by atoms with E-state index in [2.05, 4.69) is 15.9 Å². The van der Waals surface area contributed by atoms with Crippen LogP contribution >= 0.6 is 27.5 Å². The SMILES string of the molecule is Cc1ccc(Cn2cc(Br)ccc2=O)c(Cl)c1. The van der Waals surface area contributed by atoms with Gasteiger partial charge in [-0.05, 0) is 46.1 Å². The summed E-state index contributed by atoms with van der Waals surface area (Å²) in [5.74, 6) is 0. The highest BCUT2D eigenvalue weighted by Crippen LogP contribution is 2.18. The highest BCUT2D eigenvalue weighted by molar-refractivity contribution is 9.10. The van der Waals surface area contributed by atoms with E-state index in [0.29, 0.717) is 11.6 Å². The van der Waals surface area contributed by atoms with E-state index in [1.165, 1.54) is 6.07 Å². The van der Waals surface area contributed by atoms with Gasteiger partial charge >= 0.3 is 0 Å². The highest BCUT2D eigenvalue weighted by atomic mass is 79.9. The average molecular weight is 313 g/mol. The van der Waals surface area contributed by atoms with Crippen molar-refractivity contribution < 1.29 is 0 Å². The van der Waals surface area contributed by atoms with Crippen LogP contribution in [0, 0.1) is 6.92 Å². The number of hydrogen-bond donors (Lipinski definition) is 0. The van der Waals surface area contributed by atoms with E-state index in [1.54, 1.807) is 16.8 Å². The fraction of sp³-hybridized carbons (Fsp3) is 0.154. The zero-order valence-electron chi connectivity index (χ0n) is 9.28. The average Bonchev–Trinajstić information content (AvgIpc) is 2.27. The first kappa shape index (κ1) is 12.4. The summed E-state index contributed by atoms with van der Waals surface area (Å²) in [4.78, 5) is 11.7. The van der Waals surface area contributed by atoms with Crippen molar-refractivity contribution in [2.75, 3.05) is 0 Å². The first-order chi connectivity index (χ1) is 8.06. The van der Waals surface area contributed by atoms with E-state index in [-0.39, 0.29) is 5.56 Å². The summed E-state index contributed by atoms with van der Waals surface area (Å²) in [6.07, 6.45) is 1.76. The van der Waals surface area contributed by atoms with Crippen LogP contribution in [0.25, 0.3) is 0 Å². The molecule has 0 unspecified atom stereocenters. The summed E-state index contributed by atoms with van der Waals surface area (Å²) in [6.45, 7) is 2.47. The third-order valence-corrected chi connectivity index (χ3v) is 3.32. The molecule has 0 amide bonds. The number of aryl methyl sites for hydroxylation is 1. The van der Waals surface area contributed by atoms with Crippen molar-refractivity contribution in [2.45, 2.75) is 13.5 Å². The third-order valence-electron chi connectivity index (χ3n) is 2.50. The van der Waals surface area contributed by atoms with Crippen molar-refractivity contribution in [3.05, 3.63) is 67.5 Å². The van der Waals surface area contributed by atoms with Crippen molar-refractivity contribution in [3.8, 4) is 0 Å². The highest BCUT2D eigenvalue weighted by Gasteiger charge is 2.03. The van der Waals surface area contributed by atoms with E-state index in [1.807, 2.05) is 25.1 Å². The number of halogens is 2. The third kappa shape index (κ3) is 2.99. The van der Waals surface area contributed by atoms with E-state index in [0.717, 1.165) is 15.6 Å². The molecule has 0 bridgehead atoms. The topological polar surface area (TPSA) is 22.0 Å². The van der Waals surface area contributed by atoms with Gasteiger partial charge < -0.3 is 4.57 Å². The minimum absolute atomic E-state index is 0.0372. The standard InChI is InChI=1S/C13H11BrClNO/c1-9-2-3-10(12(15)6-9)7-16-8-11(14)4-5-13(16)17/h2-6,8H,7H2,1H3. The van der Waals surface area contributed by atoms with Crippen molar-refractivity contribution in [1.82, 2.24) is 4.57 Å². The molecule has 2 nitrogen and oxygen atoms in total. The van der Waals surface area contributed by atoms with Crippen molar-refractivity contribution in [2.24, 2.45) is 0 Å². The Hall–Kier alpha value is -1.06.